The van der Waals surface area contributed by atoms with E-state index in [1.807, 2.05) is 18.2 Å². The third-order valence-corrected chi connectivity index (χ3v) is 1.80. The summed E-state index contributed by atoms with van der Waals surface area (Å²) >= 11 is 0. The lowest BCUT2D eigenvalue weighted by Gasteiger charge is -2.21. The summed E-state index contributed by atoms with van der Waals surface area (Å²) in [6, 6.07) is 0. The molecule has 2 aliphatic heterocycles. The van der Waals surface area contributed by atoms with Crippen molar-refractivity contribution in [1.29, 1.82) is 0 Å². The van der Waals surface area contributed by atoms with Crippen molar-refractivity contribution in [3.05, 3.63) is 49.2 Å². The van der Waals surface area contributed by atoms with E-state index in [0.717, 1.165) is 0 Å². The van der Waals surface area contributed by atoms with Crippen molar-refractivity contribution in [3.8, 4) is 0 Å². The molecule has 1 unspecified atom stereocenters. The maximum atomic E-state index is 5.36. The fourth-order valence-corrected chi connectivity index (χ4v) is 1.16. The molecule has 0 bridgehead atoms. The first-order valence-electron chi connectivity index (χ1n) is 3.85. The van der Waals surface area contributed by atoms with E-state index in [0.29, 0.717) is 0 Å². The molecule has 1 atom stereocenters. The Morgan fingerprint density at radius 2 is 1.92 bits per heavy atom. The van der Waals surface area contributed by atoms with Crippen LogP contribution < -0.4 is 0 Å². The molecule has 0 saturated carbocycles. The summed E-state index contributed by atoms with van der Waals surface area (Å²) in [4.78, 5) is 0. The summed E-state index contributed by atoms with van der Waals surface area (Å²) in [5.41, 5.74) is 0. The van der Waals surface area contributed by atoms with Crippen LogP contribution in [-0.2, 0) is 9.47 Å². The lowest BCUT2D eigenvalue weighted by atomic mass is 10.0. The van der Waals surface area contributed by atoms with Crippen molar-refractivity contribution < 1.29 is 9.47 Å². The highest BCUT2D eigenvalue weighted by Gasteiger charge is 2.16. The van der Waals surface area contributed by atoms with Gasteiger partial charge in [-0.05, 0) is 30.4 Å². The smallest absolute Gasteiger partial charge is 0.127 e. The molecule has 1 radical (unpaired) electrons. The molecule has 0 fully saturated rings. The predicted molar refractivity (Wildman–Crippen MR) is 44.7 cm³/mol. The molecule has 0 N–H and O–H groups in total. The molecule has 0 saturated heterocycles. The number of allylic oxidation sites excluding steroid dienone is 2. The van der Waals surface area contributed by atoms with Crippen LogP contribution in [0.25, 0.3) is 0 Å². The number of hydrogen-bond donors (Lipinski definition) is 0. The second-order valence-corrected chi connectivity index (χ2v) is 2.61. The Bertz CT molecular complexity index is 249. The van der Waals surface area contributed by atoms with Crippen LogP contribution in [0.5, 0.6) is 0 Å². The van der Waals surface area contributed by atoms with Crippen LogP contribution in [-0.4, -0.2) is 6.10 Å². The van der Waals surface area contributed by atoms with E-state index in [4.69, 9.17) is 9.47 Å². The average molecular weight is 161 g/mol. The SMILES string of the molecule is [C]1=CC(C2C=COC=C2)OC=C1. The van der Waals surface area contributed by atoms with E-state index in [1.165, 1.54) is 0 Å². The Morgan fingerprint density at radius 3 is 2.58 bits per heavy atom. The molecular formula is C10H9O2. The van der Waals surface area contributed by atoms with Gasteiger partial charge in [-0.1, -0.05) is 0 Å². The first kappa shape index (κ1) is 7.22. The first-order valence-corrected chi connectivity index (χ1v) is 3.85. The van der Waals surface area contributed by atoms with Gasteiger partial charge in [-0.3, -0.25) is 0 Å². The number of hydrogen-bond acceptors (Lipinski definition) is 2. The van der Waals surface area contributed by atoms with E-state index in [1.54, 1.807) is 24.9 Å². The van der Waals surface area contributed by atoms with Crippen molar-refractivity contribution in [2.45, 2.75) is 6.10 Å². The van der Waals surface area contributed by atoms with Crippen molar-refractivity contribution in [1.82, 2.24) is 0 Å². The Kier molecular flexibility index (Phi) is 1.99. The highest BCUT2D eigenvalue weighted by molar-refractivity contribution is 5.12. The van der Waals surface area contributed by atoms with Gasteiger partial charge >= 0.3 is 0 Å². The van der Waals surface area contributed by atoms with Crippen molar-refractivity contribution >= 4 is 0 Å². The van der Waals surface area contributed by atoms with E-state index >= 15 is 0 Å². The molecule has 2 heterocycles. The van der Waals surface area contributed by atoms with Crippen molar-refractivity contribution in [2.75, 3.05) is 0 Å². The summed E-state index contributed by atoms with van der Waals surface area (Å²) in [5, 5.41) is 0. The summed E-state index contributed by atoms with van der Waals surface area (Å²) in [5.74, 6) is 0.260. The first-order chi connectivity index (χ1) is 5.97. The molecular weight excluding hydrogens is 152 g/mol. The monoisotopic (exact) mass is 161 g/mol. The van der Waals surface area contributed by atoms with Crippen LogP contribution in [0.15, 0.2) is 43.1 Å². The molecule has 0 spiro atoms. The highest BCUT2D eigenvalue weighted by Crippen LogP contribution is 2.18. The van der Waals surface area contributed by atoms with Crippen LogP contribution in [0.1, 0.15) is 0 Å². The zero-order chi connectivity index (χ0) is 8.23. The molecule has 2 nitrogen and oxygen atoms in total. The van der Waals surface area contributed by atoms with Gasteiger partial charge in [0.15, 0.2) is 0 Å². The molecule has 61 valence electrons. The summed E-state index contributed by atoms with van der Waals surface area (Å²) < 4.78 is 10.3. The Hall–Kier alpha value is -1.44. The number of ether oxygens (including phenoxy) is 2. The average Bonchev–Trinajstić information content (AvgIpc) is 2.21. The Morgan fingerprint density at radius 1 is 1.08 bits per heavy atom. The number of rotatable bonds is 1. The maximum absolute atomic E-state index is 5.36. The fraction of sp³-hybridized carbons (Fsp3) is 0.200. The quantitative estimate of drug-likeness (QED) is 0.585. The highest BCUT2D eigenvalue weighted by atomic mass is 16.5. The van der Waals surface area contributed by atoms with Gasteiger partial charge in [-0.2, -0.15) is 0 Å². The van der Waals surface area contributed by atoms with E-state index in [2.05, 4.69) is 6.08 Å². The van der Waals surface area contributed by atoms with Crippen molar-refractivity contribution in [2.24, 2.45) is 5.92 Å². The van der Waals surface area contributed by atoms with Gasteiger partial charge in [0.2, 0.25) is 0 Å². The van der Waals surface area contributed by atoms with E-state index in [-0.39, 0.29) is 12.0 Å². The summed E-state index contributed by atoms with van der Waals surface area (Å²) in [6.45, 7) is 0. The van der Waals surface area contributed by atoms with Crippen LogP contribution in [0.4, 0.5) is 0 Å². The topological polar surface area (TPSA) is 18.5 Å². The van der Waals surface area contributed by atoms with E-state index < -0.39 is 0 Å². The second-order valence-electron chi connectivity index (χ2n) is 2.61. The normalized spacial score (nSPS) is 26.8. The second kappa shape index (κ2) is 3.30. The van der Waals surface area contributed by atoms with Gasteiger partial charge in [0.1, 0.15) is 6.10 Å². The molecule has 0 amide bonds. The van der Waals surface area contributed by atoms with Gasteiger partial charge in [-0.15, -0.1) is 0 Å². The fourth-order valence-electron chi connectivity index (χ4n) is 1.16. The minimum Gasteiger partial charge on any atom is -0.493 e. The molecule has 0 aromatic rings. The zero-order valence-corrected chi connectivity index (χ0v) is 6.51. The summed E-state index contributed by atoms with van der Waals surface area (Å²) in [6.07, 6.45) is 15.6. The molecule has 2 rings (SSSR count). The van der Waals surface area contributed by atoms with Gasteiger partial charge in [0.25, 0.3) is 0 Å². The van der Waals surface area contributed by atoms with E-state index in [9.17, 15) is 0 Å². The van der Waals surface area contributed by atoms with Crippen LogP contribution in [0.2, 0.25) is 0 Å². The minimum atomic E-state index is 0.0615. The molecule has 2 aliphatic rings. The molecule has 0 aromatic heterocycles. The van der Waals surface area contributed by atoms with Gasteiger partial charge < -0.3 is 9.47 Å². The standard InChI is InChI=1S/C10H9O2/c1-2-6-12-10(3-1)9-4-7-11-8-5-9/h2-10H. The largest absolute Gasteiger partial charge is 0.493 e. The van der Waals surface area contributed by atoms with Crippen molar-refractivity contribution in [3.63, 3.8) is 0 Å². The molecule has 2 heteroatoms. The molecule has 0 aromatic carbocycles. The van der Waals surface area contributed by atoms with Crippen LogP contribution in [0.3, 0.4) is 0 Å². The minimum absolute atomic E-state index is 0.0615. The third-order valence-electron chi connectivity index (χ3n) is 1.80. The Balaban J connectivity index is 2.04. The predicted octanol–water partition coefficient (Wildman–Crippen LogP) is 1.93. The van der Waals surface area contributed by atoms with Crippen LogP contribution in [0, 0.1) is 12.0 Å². The van der Waals surface area contributed by atoms with Gasteiger partial charge in [0.05, 0.1) is 18.8 Å². The molecule has 12 heavy (non-hydrogen) atoms. The summed E-state index contributed by atoms with van der Waals surface area (Å²) in [7, 11) is 0. The van der Waals surface area contributed by atoms with Gasteiger partial charge in [0, 0.05) is 5.92 Å². The zero-order valence-electron chi connectivity index (χ0n) is 6.51. The van der Waals surface area contributed by atoms with Crippen LogP contribution >= 0.6 is 0 Å². The third kappa shape index (κ3) is 1.42. The van der Waals surface area contributed by atoms with Gasteiger partial charge in [-0.25, -0.2) is 0 Å². The Labute approximate surface area is 71.5 Å². The molecule has 0 aliphatic carbocycles. The lowest BCUT2D eigenvalue weighted by molar-refractivity contribution is 0.155. The lowest BCUT2D eigenvalue weighted by Crippen LogP contribution is -2.18. The maximum Gasteiger partial charge on any atom is 0.127 e.